The molecule has 0 atom stereocenters. The largest absolute Gasteiger partial charge is 0.486 e. The molecule has 3 aromatic rings. The van der Waals surface area contributed by atoms with Crippen molar-refractivity contribution in [3.63, 3.8) is 0 Å². The Morgan fingerprint density at radius 3 is 2.70 bits per heavy atom. The highest BCUT2D eigenvalue weighted by Crippen LogP contribution is 2.21. The summed E-state index contributed by atoms with van der Waals surface area (Å²) in [5, 5.41) is 8.12. The average Bonchev–Trinajstić information content (AvgIpc) is 3.02. The lowest BCUT2D eigenvalue weighted by Crippen LogP contribution is -1.97. The van der Waals surface area contributed by atoms with Crippen molar-refractivity contribution >= 4 is 23.4 Å². The SMILES string of the molecule is Fc1ccccc1CSc1n[nH]c(COc2ccc(Cl)cc2)n1. The van der Waals surface area contributed by atoms with E-state index >= 15 is 0 Å². The van der Waals surface area contributed by atoms with E-state index in [0.717, 1.165) is 0 Å². The van der Waals surface area contributed by atoms with Crippen molar-refractivity contribution in [3.8, 4) is 5.75 Å². The first-order valence-electron chi connectivity index (χ1n) is 6.86. The molecule has 1 heterocycles. The summed E-state index contributed by atoms with van der Waals surface area (Å²) in [4.78, 5) is 4.31. The fraction of sp³-hybridized carbons (Fsp3) is 0.125. The molecular weight excluding hydrogens is 337 g/mol. The summed E-state index contributed by atoms with van der Waals surface area (Å²) >= 11 is 7.18. The lowest BCUT2D eigenvalue weighted by atomic mass is 10.2. The van der Waals surface area contributed by atoms with E-state index in [1.807, 2.05) is 6.07 Å². The first kappa shape index (κ1) is 15.8. The van der Waals surface area contributed by atoms with Gasteiger partial charge < -0.3 is 4.74 Å². The Balaban J connectivity index is 1.53. The first-order chi connectivity index (χ1) is 11.2. The molecule has 0 bridgehead atoms. The smallest absolute Gasteiger partial charge is 0.208 e. The van der Waals surface area contributed by atoms with E-state index in [1.54, 1.807) is 36.4 Å². The van der Waals surface area contributed by atoms with E-state index in [9.17, 15) is 4.39 Å². The summed E-state index contributed by atoms with van der Waals surface area (Å²) < 4.78 is 19.1. The summed E-state index contributed by atoms with van der Waals surface area (Å²) in [6.07, 6.45) is 0. The van der Waals surface area contributed by atoms with E-state index in [-0.39, 0.29) is 12.4 Å². The van der Waals surface area contributed by atoms with Crippen LogP contribution >= 0.6 is 23.4 Å². The summed E-state index contributed by atoms with van der Waals surface area (Å²) in [5.74, 6) is 1.56. The van der Waals surface area contributed by atoms with Crippen molar-refractivity contribution < 1.29 is 9.13 Å². The first-order valence-corrected chi connectivity index (χ1v) is 8.23. The number of hydrogen-bond donors (Lipinski definition) is 1. The predicted octanol–water partition coefficient (Wildman–Crippen LogP) is 4.47. The molecule has 4 nitrogen and oxygen atoms in total. The van der Waals surface area contributed by atoms with Crippen LogP contribution < -0.4 is 4.74 Å². The highest BCUT2D eigenvalue weighted by atomic mass is 35.5. The molecule has 0 radical (unpaired) electrons. The van der Waals surface area contributed by atoms with Crippen LogP contribution in [0.5, 0.6) is 5.75 Å². The number of aromatic nitrogens is 3. The number of aromatic amines is 1. The Kier molecular flexibility index (Phi) is 5.15. The van der Waals surface area contributed by atoms with Gasteiger partial charge in [-0.3, -0.25) is 5.10 Å². The summed E-state index contributed by atoms with van der Waals surface area (Å²) in [5.41, 5.74) is 0.626. The van der Waals surface area contributed by atoms with Gasteiger partial charge in [0, 0.05) is 10.8 Å². The van der Waals surface area contributed by atoms with Gasteiger partial charge in [0.25, 0.3) is 0 Å². The highest BCUT2D eigenvalue weighted by Gasteiger charge is 2.07. The molecule has 2 aromatic carbocycles. The Hall–Kier alpha value is -2.05. The minimum Gasteiger partial charge on any atom is -0.486 e. The standard InChI is InChI=1S/C16H13ClFN3OS/c17-12-5-7-13(8-6-12)22-9-15-19-16(21-20-15)23-10-11-3-1-2-4-14(11)18/h1-8H,9-10H2,(H,19,20,21). The van der Waals surface area contributed by atoms with Crippen LogP contribution in [0, 0.1) is 5.82 Å². The molecule has 118 valence electrons. The van der Waals surface area contributed by atoms with E-state index < -0.39 is 0 Å². The lowest BCUT2D eigenvalue weighted by Gasteiger charge is -2.03. The van der Waals surface area contributed by atoms with Crippen molar-refractivity contribution in [2.75, 3.05) is 0 Å². The third kappa shape index (κ3) is 4.46. The molecule has 3 rings (SSSR count). The predicted molar refractivity (Wildman–Crippen MR) is 88.1 cm³/mol. The van der Waals surface area contributed by atoms with Gasteiger partial charge in [-0.1, -0.05) is 41.6 Å². The number of halogens is 2. The van der Waals surface area contributed by atoms with Crippen LogP contribution in [-0.4, -0.2) is 15.2 Å². The highest BCUT2D eigenvalue weighted by molar-refractivity contribution is 7.98. The summed E-state index contributed by atoms with van der Waals surface area (Å²) in [6.45, 7) is 0.273. The molecule has 0 aliphatic heterocycles. The van der Waals surface area contributed by atoms with Crippen molar-refractivity contribution in [3.05, 3.63) is 70.8 Å². The number of thioether (sulfide) groups is 1. The Morgan fingerprint density at radius 2 is 1.91 bits per heavy atom. The number of benzene rings is 2. The summed E-state index contributed by atoms with van der Waals surface area (Å²) in [7, 11) is 0. The van der Waals surface area contributed by atoms with Gasteiger partial charge in [0.05, 0.1) is 0 Å². The maximum absolute atomic E-state index is 13.5. The van der Waals surface area contributed by atoms with Gasteiger partial charge in [0.1, 0.15) is 18.2 Å². The van der Waals surface area contributed by atoms with Crippen LogP contribution in [0.1, 0.15) is 11.4 Å². The molecule has 1 aromatic heterocycles. The van der Waals surface area contributed by atoms with Crippen LogP contribution in [0.15, 0.2) is 53.7 Å². The van der Waals surface area contributed by atoms with Gasteiger partial charge in [-0.15, -0.1) is 5.10 Å². The number of hydrogen-bond acceptors (Lipinski definition) is 4. The molecule has 0 saturated carbocycles. The molecule has 1 N–H and O–H groups in total. The van der Waals surface area contributed by atoms with Crippen molar-refractivity contribution in [2.45, 2.75) is 17.5 Å². The number of nitrogens with zero attached hydrogens (tertiary/aromatic N) is 2. The second-order valence-corrected chi connectivity index (χ2v) is 6.07. The van der Waals surface area contributed by atoms with Crippen LogP contribution in [0.2, 0.25) is 5.02 Å². The molecular formula is C16H13ClFN3OS. The molecule has 0 fully saturated rings. The van der Waals surface area contributed by atoms with Gasteiger partial charge in [-0.25, -0.2) is 9.37 Å². The van der Waals surface area contributed by atoms with E-state index in [0.29, 0.717) is 33.1 Å². The molecule has 7 heteroatoms. The normalized spacial score (nSPS) is 10.7. The molecule has 0 spiro atoms. The second kappa shape index (κ2) is 7.48. The Morgan fingerprint density at radius 1 is 1.13 bits per heavy atom. The maximum atomic E-state index is 13.5. The Bertz CT molecular complexity index is 779. The third-order valence-electron chi connectivity index (χ3n) is 3.02. The quantitative estimate of drug-likeness (QED) is 0.667. The summed E-state index contributed by atoms with van der Waals surface area (Å²) in [6, 6.07) is 13.8. The number of H-pyrrole nitrogens is 1. The molecule has 0 aliphatic rings. The molecule has 0 saturated heterocycles. The van der Waals surface area contributed by atoms with Crippen molar-refractivity contribution in [2.24, 2.45) is 0 Å². The zero-order chi connectivity index (χ0) is 16.1. The van der Waals surface area contributed by atoms with E-state index in [1.165, 1.54) is 17.8 Å². The minimum absolute atomic E-state index is 0.221. The second-order valence-electron chi connectivity index (χ2n) is 4.69. The molecule has 0 amide bonds. The molecule has 23 heavy (non-hydrogen) atoms. The van der Waals surface area contributed by atoms with Gasteiger partial charge >= 0.3 is 0 Å². The van der Waals surface area contributed by atoms with E-state index in [2.05, 4.69) is 15.2 Å². The Labute approximate surface area is 142 Å². The average molecular weight is 350 g/mol. The molecule has 0 unspecified atom stereocenters. The third-order valence-corrected chi connectivity index (χ3v) is 4.16. The monoisotopic (exact) mass is 349 g/mol. The fourth-order valence-electron chi connectivity index (χ4n) is 1.85. The van der Waals surface area contributed by atoms with Gasteiger partial charge in [0.2, 0.25) is 5.16 Å². The van der Waals surface area contributed by atoms with E-state index in [4.69, 9.17) is 16.3 Å². The van der Waals surface area contributed by atoms with Crippen molar-refractivity contribution in [1.29, 1.82) is 0 Å². The lowest BCUT2D eigenvalue weighted by molar-refractivity contribution is 0.296. The molecule has 0 aliphatic carbocycles. The van der Waals surface area contributed by atoms with Crippen LogP contribution in [-0.2, 0) is 12.4 Å². The van der Waals surface area contributed by atoms with Gasteiger partial charge in [-0.05, 0) is 35.9 Å². The fourth-order valence-corrected chi connectivity index (χ4v) is 2.78. The zero-order valence-corrected chi connectivity index (χ0v) is 13.6. The number of nitrogens with one attached hydrogen (secondary N) is 1. The minimum atomic E-state index is -0.221. The van der Waals surface area contributed by atoms with Crippen molar-refractivity contribution in [1.82, 2.24) is 15.2 Å². The van der Waals surface area contributed by atoms with Gasteiger partial charge in [0.15, 0.2) is 5.82 Å². The topological polar surface area (TPSA) is 50.8 Å². The van der Waals surface area contributed by atoms with Crippen LogP contribution in [0.4, 0.5) is 4.39 Å². The number of ether oxygens (including phenoxy) is 1. The van der Waals surface area contributed by atoms with Crippen LogP contribution in [0.3, 0.4) is 0 Å². The maximum Gasteiger partial charge on any atom is 0.208 e. The van der Waals surface area contributed by atoms with Gasteiger partial charge in [-0.2, -0.15) is 0 Å². The van der Waals surface area contributed by atoms with Crippen LogP contribution in [0.25, 0.3) is 0 Å². The zero-order valence-electron chi connectivity index (χ0n) is 12.0. The number of rotatable bonds is 6.